The minimum atomic E-state index is -0.466. The predicted molar refractivity (Wildman–Crippen MR) is 99.9 cm³/mol. The Labute approximate surface area is 148 Å². The summed E-state index contributed by atoms with van der Waals surface area (Å²) in [5, 5.41) is 11.1. The van der Waals surface area contributed by atoms with E-state index in [9.17, 15) is 14.9 Å². The van der Waals surface area contributed by atoms with Gasteiger partial charge in [0.15, 0.2) is 4.32 Å². The molecular formula is C17H12N2O3S2. The van der Waals surface area contributed by atoms with Crippen LogP contribution >= 0.6 is 24.0 Å². The number of carbonyl (C=O) groups excluding carboxylic acids is 1. The van der Waals surface area contributed by atoms with Crippen molar-refractivity contribution in [3.8, 4) is 0 Å². The van der Waals surface area contributed by atoms with Crippen LogP contribution in [0.3, 0.4) is 0 Å². The second kappa shape index (κ2) is 6.54. The number of hydrogen-bond donors (Lipinski definition) is 0. The predicted octanol–water partition coefficient (Wildman–Crippen LogP) is 4.31. The van der Waals surface area contributed by atoms with Crippen LogP contribution in [0.15, 0.2) is 53.4 Å². The van der Waals surface area contributed by atoms with Crippen LogP contribution in [-0.2, 0) is 4.79 Å². The third kappa shape index (κ3) is 3.08. The molecule has 1 amide bonds. The summed E-state index contributed by atoms with van der Waals surface area (Å²) in [7, 11) is 0. The molecule has 120 valence electrons. The van der Waals surface area contributed by atoms with Gasteiger partial charge in [-0.3, -0.25) is 19.8 Å². The first-order valence-corrected chi connectivity index (χ1v) is 8.28. The second-order valence-electron chi connectivity index (χ2n) is 5.17. The first-order chi connectivity index (χ1) is 11.5. The molecule has 0 bridgehead atoms. The van der Waals surface area contributed by atoms with E-state index in [1.54, 1.807) is 18.2 Å². The summed E-state index contributed by atoms with van der Waals surface area (Å²) in [4.78, 5) is 25.1. The highest BCUT2D eigenvalue weighted by molar-refractivity contribution is 8.27. The lowest BCUT2D eigenvalue weighted by Gasteiger charge is -2.14. The third-order valence-electron chi connectivity index (χ3n) is 3.51. The number of thioether (sulfide) groups is 1. The normalized spacial score (nSPS) is 16.0. The molecule has 1 saturated heterocycles. The van der Waals surface area contributed by atoms with Gasteiger partial charge >= 0.3 is 0 Å². The van der Waals surface area contributed by atoms with Gasteiger partial charge in [-0.2, -0.15) is 0 Å². The number of anilines is 1. The van der Waals surface area contributed by atoms with Crippen LogP contribution in [0.5, 0.6) is 0 Å². The summed E-state index contributed by atoms with van der Waals surface area (Å²) >= 11 is 6.45. The topological polar surface area (TPSA) is 63.5 Å². The maximum atomic E-state index is 12.7. The molecule has 24 heavy (non-hydrogen) atoms. The Balaban J connectivity index is 1.97. The van der Waals surface area contributed by atoms with Gasteiger partial charge in [0.2, 0.25) is 0 Å². The minimum absolute atomic E-state index is 0.0434. The van der Waals surface area contributed by atoms with E-state index >= 15 is 0 Å². The molecule has 2 aromatic carbocycles. The Morgan fingerprint density at radius 2 is 1.83 bits per heavy atom. The number of carbonyl (C=O) groups is 1. The Hall–Kier alpha value is -2.51. The number of nitro benzene ring substituents is 1. The van der Waals surface area contributed by atoms with Crippen molar-refractivity contribution < 1.29 is 9.72 Å². The van der Waals surface area contributed by atoms with Gasteiger partial charge in [0.1, 0.15) is 0 Å². The molecule has 1 aliphatic rings. The fourth-order valence-corrected chi connectivity index (χ4v) is 3.59. The summed E-state index contributed by atoms with van der Waals surface area (Å²) in [6, 6.07) is 13.8. The minimum Gasteiger partial charge on any atom is -0.268 e. The Kier molecular flexibility index (Phi) is 4.46. The van der Waals surface area contributed by atoms with Crippen molar-refractivity contribution in [3.63, 3.8) is 0 Å². The van der Waals surface area contributed by atoms with Crippen molar-refractivity contribution >= 4 is 51.7 Å². The SMILES string of the molecule is Cc1ccc(N2C(=O)/C(=C\c3ccccc3[N+](=O)[O-])SC2=S)cc1. The van der Waals surface area contributed by atoms with E-state index < -0.39 is 4.92 Å². The van der Waals surface area contributed by atoms with Crippen molar-refractivity contribution in [2.45, 2.75) is 6.92 Å². The Bertz CT molecular complexity index is 876. The summed E-state index contributed by atoms with van der Waals surface area (Å²) in [6.07, 6.45) is 1.52. The van der Waals surface area contributed by atoms with E-state index in [4.69, 9.17) is 12.2 Å². The molecule has 0 unspecified atom stereocenters. The van der Waals surface area contributed by atoms with E-state index in [1.807, 2.05) is 31.2 Å². The quantitative estimate of drug-likeness (QED) is 0.355. The van der Waals surface area contributed by atoms with E-state index in [1.165, 1.54) is 17.0 Å². The molecule has 0 N–H and O–H groups in total. The summed E-state index contributed by atoms with van der Waals surface area (Å²) in [6.45, 7) is 1.96. The van der Waals surface area contributed by atoms with Gasteiger partial charge in [0, 0.05) is 6.07 Å². The van der Waals surface area contributed by atoms with Crippen molar-refractivity contribution in [2.24, 2.45) is 0 Å². The molecule has 1 aliphatic heterocycles. The molecular weight excluding hydrogens is 344 g/mol. The lowest BCUT2D eigenvalue weighted by Crippen LogP contribution is -2.27. The maximum absolute atomic E-state index is 12.7. The molecule has 3 rings (SSSR count). The zero-order valence-electron chi connectivity index (χ0n) is 12.6. The number of para-hydroxylation sites is 1. The smallest absolute Gasteiger partial charge is 0.268 e. The van der Waals surface area contributed by atoms with Crippen LogP contribution < -0.4 is 4.90 Å². The number of nitro groups is 1. The molecule has 7 heteroatoms. The lowest BCUT2D eigenvalue weighted by molar-refractivity contribution is -0.385. The highest BCUT2D eigenvalue weighted by atomic mass is 32.2. The van der Waals surface area contributed by atoms with Crippen LogP contribution in [0.1, 0.15) is 11.1 Å². The van der Waals surface area contributed by atoms with Crippen LogP contribution in [0.4, 0.5) is 11.4 Å². The van der Waals surface area contributed by atoms with Crippen molar-refractivity contribution in [1.82, 2.24) is 0 Å². The molecule has 0 saturated carbocycles. The highest BCUT2D eigenvalue weighted by Gasteiger charge is 2.33. The molecule has 0 atom stereocenters. The number of amides is 1. The molecule has 1 heterocycles. The van der Waals surface area contributed by atoms with Gasteiger partial charge in [0.25, 0.3) is 11.6 Å². The number of aryl methyl sites for hydroxylation is 1. The standard InChI is InChI=1S/C17H12N2O3S2/c1-11-6-8-13(9-7-11)18-16(20)15(24-17(18)23)10-12-4-2-3-5-14(12)19(21)22/h2-10H,1H3/b15-10+. The first kappa shape index (κ1) is 16.4. The van der Waals surface area contributed by atoms with Gasteiger partial charge in [-0.1, -0.05) is 53.8 Å². The average Bonchev–Trinajstić information content (AvgIpc) is 2.83. The van der Waals surface area contributed by atoms with Crippen LogP contribution in [0, 0.1) is 17.0 Å². The van der Waals surface area contributed by atoms with Gasteiger partial charge < -0.3 is 0 Å². The monoisotopic (exact) mass is 356 g/mol. The molecule has 0 spiro atoms. The van der Waals surface area contributed by atoms with Crippen LogP contribution in [0.2, 0.25) is 0 Å². The number of benzene rings is 2. The average molecular weight is 356 g/mol. The maximum Gasteiger partial charge on any atom is 0.276 e. The highest BCUT2D eigenvalue weighted by Crippen LogP contribution is 2.37. The van der Waals surface area contributed by atoms with E-state index in [2.05, 4.69) is 0 Å². The number of nitrogens with zero attached hydrogens (tertiary/aromatic N) is 2. The van der Waals surface area contributed by atoms with E-state index in [-0.39, 0.29) is 11.6 Å². The number of thiocarbonyl (C=S) groups is 1. The molecule has 5 nitrogen and oxygen atoms in total. The van der Waals surface area contributed by atoms with Crippen LogP contribution in [-0.4, -0.2) is 15.2 Å². The summed E-state index contributed by atoms with van der Waals surface area (Å²) < 4.78 is 0.411. The van der Waals surface area contributed by atoms with E-state index in [0.717, 1.165) is 17.3 Å². The van der Waals surface area contributed by atoms with Gasteiger partial charge in [-0.15, -0.1) is 0 Å². The molecule has 0 aliphatic carbocycles. The van der Waals surface area contributed by atoms with Gasteiger partial charge in [-0.25, -0.2) is 0 Å². The molecule has 0 aromatic heterocycles. The van der Waals surface area contributed by atoms with Gasteiger partial charge in [0.05, 0.1) is 21.1 Å². The molecule has 2 aromatic rings. The van der Waals surface area contributed by atoms with E-state index in [0.29, 0.717) is 20.5 Å². The zero-order chi connectivity index (χ0) is 17.3. The Morgan fingerprint density at radius 3 is 2.50 bits per heavy atom. The second-order valence-corrected chi connectivity index (χ2v) is 6.84. The van der Waals surface area contributed by atoms with Crippen molar-refractivity contribution in [1.29, 1.82) is 0 Å². The van der Waals surface area contributed by atoms with Crippen LogP contribution in [0.25, 0.3) is 6.08 Å². The summed E-state index contributed by atoms with van der Waals surface area (Å²) in [5.74, 6) is -0.271. The first-order valence-electron chi connectivity index (χ1n) is 7.05. The largest absolute Gasteiger partial charge is 0.276 e. The zero-order valence-corrected chi connectivity index (χ0v) is 14.3. The fraction of sp³-hybridized carbons (Fsp3) is 0.0588. The lowest BCUT2D eigenvalue weighted by atomic mass is 10.1. The number of hydrogen-bond acceptors (Lipinski definition) is 5. The fourth-order valence-electron chi connectivity index (χ4n) is 2.30. The summed E-state index contributed by atoms with van der Waals surface area (Å²) in [5.41, 5.74) is 2.11. The van der Waals surface area contributed by atoms with Crippen molar-refractivity contribution in [2.75, 3.05) is 4.90 Å². The van der Waals surface area contributed by atoms with Gasteiger partial charge in [-0.05, 0) is 31.2 Å². The molecule has 0 radical (unpaired) electrons. The molecule has 1 fully saturated rings. The Morgan fingerprint density at radius 1 is 1.17 bits per heavy atom. The van der Waals surface area contributed by atoms with Crippen molar-refractivity contribution in [3.05, 3.63) is 74.7 Å². The number of rotatable bonds is 3. The third-order valence-corrected chi connectivity index (χ3v) is 4.81.